The van der Waals surface area contributed by atoms with E-state index >= 15 is 0 Å². The van der Waals surface area contributed by atoms with E-state index in [-0.39, 0.29) is 0 Å². The zero-order chi connectivity index (χ0) is 10.5. The number of rotatable bonds is 1. The first-order valence-electron chi connectivity index (χ1n) is 4.45. The molecule has 2 rings (SSSR count). The van der Waals surface area contributed by atoms with Gasteiger partial charge >= 0.3 is 0 Å². The SMILES string of the molecule is N#CC#Cc1ccc(-c2ccccc2)s1. The zero-order valence-electron chi connectivity index (χ0n) is 7.90. The maximum atomic E-state index is 8.33. The number of benzene rings is 1. The van der Waals surface area contributed by atoms with Crippen molar-refractivity contribution in [2.45, 2.75) is 0 Å². The molecule has 0 radical (unpaired) electrons. The summed E-state index contributed by atoms with van der Waals surface area (Å²) in [6, 6.07) is 15.9. The number of hydrogen-bond acceptors (Lipinski definition) is 2. The summed E-state index contributed by atoms with van der Waals surface area (Å²) in [4.78, 5) is 2.10. The molecule has 0 saturated heterocycles. The van der Waals surface area contributed by atoms with Crippen LogP contribution in [0.2, 0.25) is 0 Å². The first-order chi connectivity index (χ1) is 7.40. The summed E-state index contributed by atoms with van der Waals surface area (Å²) in [5.41, 5.74) is 1.19. The van der Waals surface area contributed by atoms with Crippen LogP contribution in [0.4, 0.5) is 0 Å². The molecule has 0 amide bonds. The van der Waals surface area contributed by atoms with Crippen LogP contribution < -0.4 is 0 Å². The molecular formula is C13H7NS. The van der Waals surface area contributed by atoms with Crippen molar-refractivity contribution < 1.29 is 0 Å². The molecule has 0 unspecified atom stereocenters. The van der Waals surface area contributed by atoms with Crippen LogP contribution in [-0.2, 0) is 0 Å². The van der Waals surface area contributed by atoms with Gasteiger partial charge in [0, 0.05) is 10.8 Å². The standard InChI is InChI=1S/C13H7NS/c14-10-4-7-12-8-9-13(15-12)11-5-2-1-3-6-11/h1-3,5-6,8-9H. The van der Waals surface area contributed by atoms with Gasteiger partial charge in [0.15, 0.2) is 6.07 Å². The smallest absolute Gasteiger partial charge is 0.152 e. The van der Waals surface area contributed by atoms with Crippen LogP contribution in [0.15, 0.2) is 42.5 Å². The minimum absolute atomic E-state index is 0.926. The van der Waals surface area contributed by atoms with Gasteiger partial charge in [0.2, 0.25) is 0 Å². The summed E-state index contributed by atoms with van der Waals surface area (Å²) in [5.74, 6) is 5.19. The van der Waals surface area contributed by atoms with E-state index in [9.17, 15) is 0 Å². The molecule has 0 fully saturated rings. The Morgan fingerprint density at radius 2 is 1.80 bits per heavy atom. The molecule has 0 N–H and O–H groups in total. The van der Waals surface area contributed by atoms with E-state index in [0.717, 1.165) is 4.88 Å². The second kappa shape index (κ2) is 4.46. The fraction of sp³-hybridized carbons (Fsp3) is 0. The van der Waals surface area contributed by atoms with Crippen molar-refractivity contribution in [3.8, 4) is 28.4 Å². The van der Waals surface area contributed by atoms with E-state index < -0.39 is 0 Å². The van der Waals surface area contributed by atoms with E-state index in [1.165, 1.54) is 10.4 Å². The lowest BCUT2D eigenvalue weighted by Crippen LogP contribution is -1.67. The monoisotopic (exact) mass is 209 g/mol. The highest BCUT2D eigenvalue weighted by Crippen LogP contribution is 2.27. The van der Waals surface area contributed by atoms with Crippen LogP contribution in [0.3, 0.4) is 0 Å². The third-order valence-corrected chi connectivity index (χ3v) is 2.96. The molecule has 70 valence electrons. The lowest BCUT2D eigenvalue weighted by atomic mass is 10.2. The van der Waals surface area contributed by atoms with Crippen molar-refractivity contribution in [1.82, 2.24) is 0 Å². The lowest BCUT2D eigenvalue weighted by molar-refractivity contribution is 1.55. The fourth-order valence-electron chi connectivity index (χ4n) is 1.25. The van der Waals surface area contributed by atoms with Gasteiger partial charge in [-0.1, -0.05) is 30.3 Å². The highest BCUT2D eigenvalue weighted by molar-refractivity contribution is 7.16. The molecule has 1 aromatic heterocycles. The Kier molecular flexibility index (Phi) is 2.83. The number of nitrogens with zero attached hydrogens (tertiary/aromatic N) is 1. The van der Waals surface area contributed by atoms with E-state index in [1.54, 1.807) is 11.3 Å². The average Bonchev–Trinajstić information content (AvgIpc) is 2.76. The fourth-order valence-corrected chi connectivity index (χ4v) is 2.12. The Morgan fingerprint density at radius 1 is 1.00 bits per heavy atom. The third kappa shape index (κ3) is 2.26. The van der Waals surface area contributed by atoms with Gasteiger partial charge in [0.1, 0.15) is 0 Å². The molecule has 0 atom stereocenters. The predicted molar refractivity (Wildman–Crippen MR) is 62.2 cm³/mol. The molecule has 1 nitrogen and oxygen atoms in total. The summed E-state index contributed by atoms with van der Waals surface area (Å²) in [5, 5.41) is 8.33. The van der Waals surface area contributed by atoms with Gasteiger partial charge in [-0.15, -0.1) is 11.3 Å². The summed E-state index contributed by atoms with van der Waals surface area (Å²) in [6.07, 6.45) is 0. The van der Waals surface area contributed by atoms with Crippen molar-refractivity contribution >= 4 is 11.3 Å². The quantitative estimate of drug-likeness (QED) is 0.661. The number of nitriles is 1. The summed E-state index contributed by atoms with van der Waals surface area (Å²) >= 11 is 1.60. The zero-order valence-corrected chi connectivity index (χ0v) is 8.71. The molecule has 2 aromatic rings. The first kappa shape index (κ1) is 9.52. The van der Waals surface area contributed by atoms with Crippen LogP contribution >= 0.6 is 11.3 Å². The molecule has 0 saturated carbocycles. The second-order valence-electron chi connectivity index (χ2n) is 2.89. The van der Waals surface area contributed by atoms with Gasteiger partial charge in [-0.2, -0.15) is 5.26 Å². The molecule has 0 spiro atoms. The van der Waals surface area contributed by atoms with Gasteiger partial charge in [-0.3, -0.25) is 0 Å². The van der Waals surface area contributed by atoms with Gasteiger partial charge < -0.3 is 0 Å². The third-order valence-electron chi connectivity index (χ3n) is 1.91. The molecule has 1 heterocycles. The maximum absolute atomic E-state index is 8.33. The topological polar surface area (TPSA) is 23.8 Å². The molecule has 15 heavy (non-hydrogen) atoms. The van der Waals surface area contributed by atoms with E-state index in [0.29, 0.717) is 0 Å². The van der Waals surface area contributed by atoms with Crippen LogP contribution in [-0.4, -0.2) is 0 Å². The molecule has 0 bridgehead atoms. The van der Waals surface area contributed by atoms with Crippen molar-refractivity contribution in [2.75, 3.05) is 0 Å². The second-order valence-corrected chi connectivity index (χ2v) is 3.98. The minimum atomic E-state index is 0.926. The molecular weight excluding hydrogens is 202 g/mol. The van der Waals surface area contributed by atoms with E-state index in [4.69, 9.17) is 5.26 Å². The van der Waals surface area contributed by atoms with Gasteiger partial charge in [0.25, 0.3) is 0 Å². The van der Waals surface area contributed by atoms with Crippen molar-refractivity contribution in [2.24, 2.45) is 0 Å². The van der Waals surface area contributed by atoms with E-state index in [2.05, 4.69) is 24.0 Å². The van der Waals surface area contributed by atoms with Gasteiger partial charge in [-0.25, -0.2) is 0 Å². The van der Waals surface area contributed by atoms with Crippen molar-refractivity contribution in [3.05, 3.63) is 47.3 Å². The lowest BCUT2D eigenvalue weighted by Gasteiger charge is -1.93. The Hall–Kier alpha value is -2.03. The van der Waals surface area contributed by atoms with Crippen LogP contribution in [0.1, 0.15) is 4.88 Å². The summed E-state index contributed by atoms with van der Waals surface area (Å²) in [7, 11) is 0. The number of thiophene rings is 1. The van der Waals surface area contributed by atoms with Crippen molar-refractivity contribution in [3.63, 3.8) is 0 Å². The Bertz CT molecular complexity index is 549. The number of hydrogen-bond donors (Lipinski definition) is 0. The molecule has 2 heteroatoms. The minimum Gasteiger partial charge on any atom is -0.183 e. The van der Waals surface area contributed by atoms with Crippen LogP contribution in [0.5, 0.6) is 0 Å². The highest BCUT2D eigenvalue weighted by atomic mass is 32.1. The molecule has 1 aromatic carbocycles. The first-order valence-corrected chi connectivity index (χ1v) is 5.27. The van der Waals surface area contributed by atoms with Crippen LogP contribution in [0.25, 0.3) is 10.4 Å². The molecule has 0 aliphatic carbocycles. The van der Waals surface area contributed by atoms with E-state index in [1.807, 2.05) is 36.4 Å². The Morgan fingerprint density at radius 3 is 2.53 bits per heavy atom. The normalized spacial score (nSPS) is 8.73. The summed E-state index contributed by atoms with van der Waals surface area (Å²) < 4.78 is 0. The maximum Gasteiger partial charge on any atom is 0.152 e. The predicted octanol–water partition coefficient (Wildman–Crippen LogP) is 3.29. The molecule has 0 aliphatic heterocycles. The largest absolute Gasteiger partial charge is 0.183 e. The summed E-state index contributed by atoms with van der Waals surface area (Å²) in [6.45, 7) is 0. The highest BCUT2D eigenvalue weighted by Gasteiger charge is 1.99. The van der Waals surface area contributed by atoms with Gasteiger partial charge in [0.05, 0.1) is 4.88 Å². The van der Waals surface area contributed by atoms with Crippen molar-refractivity contribution in [1.29, 1.82) is 5.26 Å². The Labute approximate surface area is 92.6 Å². The Balaban J connectivity index is 2.33. The van der Waals surface area contributed by atoms with Crippen LogP contribution in [0, 0.1) is 23.2 Å². The molecule has 0 aliphatic rings. The van der Waals surface area contributed by atoms with Gasteiger partial charge in [-0.05, 0) is 23.6 Å². The average molecular weight is 209 g/mol.